The molecule has 5 heteroatoms. The first-order valence-electron chi connectivity index (χ1n) is 9.78. The number of allylic oxidation sites excluding steroid dienone is 1. The number of hydrogen-bond donors (Lipinski definition) is 1. The molecule has 0 spiro atoms. The zero-order valence-electron chi connectivity index (χ0n) is 15.8. The normalized spacial score (nSPS) is 18.6. The third-order valence-corrected chi connectivity index (χ3v) is 5.50. The Labute approximate surface area is 168 Å². The molecule has 1 unspecified atom stereocenters. The summed E-state index contributed by atoms with van der Waals surface area (Å²) in [5.74, 6) is 0.0518. The topological polar surface area (TPSA) is 62.6 Å². The molecule has 0 saturated carbocycles. The lowest BCUT2D eigenvalue weighted by molar-refractivity contribution is -0.116. The monoisotopic (exact) mass is 384 g/mol. The molecule has 2 heterocycles. The van der Waals surface area contributed by atoms with E-state index in [4.69, 9.17) is 4.42 Å². The third kappa shape index (κ3) is 2.95. The summed E-state index contributed by atoms with van der Waals surface area (Å²) in [4.78, 5) is 28.4. The van der Waals surface area contributed by atoms with Crippen LogP contribution < -0.4 is 10.2 Å². The summed E-state index contributed by atoms with van der Waals surface area (Å²) < 4.78 is 5.44. The van der Waals surface area contributed by atoms with Crippen LogP contribution in [-0.2, 0) is 4.79 Å². The Kier molecular flexibility index (Phi) is 4.28. The Balaban J connectivity index is 1.79. The molecule has 3 aromatic rings. The number of furan rings is 1. The number of benzene rings is 2. The van der Waals surface area contributed by atoms with Crippen LogP contribution in [0.5, 0.6) is 0 Å². The fraction of sp³-hybridized carbons (Fsp3) is 0.167. The van der Waals surface area contributed by atoms with Gasteiger partial charge in [0.25, 0.3) is 5.91 Å². The molecule has 1 amide bonds. The highest BCUT2D eigenvalue weighted by Gasteiger charge is 2.40. The van der Waals surface area contributed by atoms with E-state index in [1.54, 1.807) is 17.0 Å². The van der Waals surface area contributed by atoms with Crippen LogP contribution in [0.3, 0.4) is 0 Å². The van der Waals surface area contributed by atoms with Gasteiger partial charge in [0.05, 0.1) is 23.7 Å². The number of anilines is 2. The number of amides is 1. The zero-order chi connectivity index (χ0) is 19.8. The number of fused-ring (bicyclic) bond motifs is 1. The highest BCUT2D eigenvalue weighted by Crippen LogP contribution is 2.45. The largest absolute Gasteiger partial charge is 0.459 e. The molecule has 144 valence electrons. The molecular weight excluding hydrogens is 364 g/mol. The minimum atomic E-state index is -0.521. The van der Waals surface area contributed by atoms with Crippen molar-refractivity contribution in [2.75, 3.05) is 10.2 Å². The first kappa shape index (κ1) is 17.5. The number of carbonyl (C=O) groups is 2. The van der Waals surface area contributed by atoms with E-state index < -0.39 is 6.04 Å². The first-order valence-corrected chi connectivity index (χ1v) is 9.78. The number of carbonyl (C=O) groups excluding carboxylic acids is 2. The molecule has 5 nitrogen and oxygen atoms in total. The van der Waals surface area contributed by atoms with E-state index >= 15 is 0 Å². The average Bonchev–Trinajstić information content (AvgIpc) is 3.24. The minimum Gasteiger partial charge on any atom is -0.459 e. The van der Waals surface area contributed by atoms with Crippen LogP contribution in [0.4, 0.5) is 11.4 Å². The van der Waals surface area contributed by atoms with Crippen molar-refractivity contribution in [1.82, 2.24) is 0 Å². The number of rotatable bonds is 2. The Morgan fingerprint density at radius 3 is 2.55 bits per heavy atom. The van der Waals surface area contributed by atoms with Crippen molar-refractivity contribution in [2.45, 2.75) is 25.3 Å². The summed E-state index contributed by atoms with van der Waals surface area (Å²) in [6.07, 6.45) is 3.56. The van der Waals surface area contributed by atoms with Gasteiger partial charge in [0.2, 0.25) is 0 Å². The van der Waals surface area contributed by atoms with E-state index in [0.717, 1.165) is 35.5 Å². The van der Waals surface area contributed by atoms with Gasteiger partial charge >= 0.3 is 0 Å². The number of para-hydroxylation sites is 2. The second kappa shape index (κ2) is 7.09. The van der Waals surface area contributed by atoms with Crippen molar-refractivity contribution >= 4 is 23.1 Å². The second-order valence-electron chi connectivity index (χ2n) is 7.28. The van der Waals surface area contributed by atoms with E-state index in [1.165, 1.54) is 6.26 Å². The number of hydrogen-bond acceptors (Lipinski definition) is 4. The lowest BCUT2D eigenvalue weighted by atomic mass is 9.86. The Bertz CT molecular complexity index is 1100. The van der Waals surface area contributed by atoms with Gasteiger partial charge in [0.1, 0.15) is 0 Å². The van der Waals surface area contributed by atoms with E-state index in [0.29, 0.717) is 12.0 Å². The maximum atomic E-state index is 13.6. The maximum Gasteiger partial charge on any atom is 0.294 e. The van der Waals surface area contributed by atoms with Crippen LogP contribution in [0.15, 0.2) is 88.7 Å². The molecule has 1 aliphatic carbocycles. The van der Waals surface area contributed by atoms with Gasteiger partial charge in [-0.05, 0) is 42.7 Å². The highest BCUT2D eigenvalue weighted by molar-refractivity contribution is 6.10. The van der Waals surface area contributed by atoms with Gasteiger partial charge < -0.3 is 9.73 Å². The fourth-order valence-electron chi connectivity index (χ4n) is 4.23. The molecule has 5 rings (SSSR count). The van der Waals surface area contributed by atoms with Crippen molar-refractivity contribution in [2.24, 2.45) is 0 Å². The molecule has 0 bridgehead atoms. The molecule has 1 aliphatic heterocycles. The second-order valence-corrected chi connectivity index (χ2v) is 7.28. The number of ketones is 1. The lowest BCUT2D eigenvalue weighted by Crippen LogP contribution is -2.37. The minimum absolute atomic E-state index is 0.0812. The van der Waals surface area contributed by atoms with Gasteiger partial charge in [0.15, 0.2) is 11.5 Å². The molecule has 0 radical (unpaired) electrons. The molecule has 2 aliphatic rings. The van der Waals surface area contributed by atoms with Crippen molar-refractivity contribution in [3.8, 4) is 0 Å². The Hall–Kier alpha value is -3.60. The van der Waals surface area contributed by atoms with Crippen LogP contribution in [-0.4, -0.2) is 11.7 Å². The predicted octanol–water partition coefficient (Wildman–Crippen LogP) is 5.10. The lowest BCUT2D eigenvalue weighted by Gasteiger charge is -2.33. The summed E-state index contributed by atoms with van der Waals surface area (Å²) in [6, 6.07) is 20.2. The van der Waals surface area contributed by atoms with Crippen molar-refractivity contribution in [3.05, 3.63) is 95.6 Å². The molecular formula is C24H20N2O3. The summed E-state index contributed by atoms with van der Waals surface area (Å²) in [5, 5.41) is 3.46. The van der Waals surface area contributed by atoms with Crippen LogP contribution in [0.25, 0.3) is 0 Å². The summed E-state index contributed by atoms with van der Waals surface area (Å²) >= 11 is 0. The van der Waals surface area contributed by atoms with E-state index in [-0.39, 0.29) is 17.5 Å². The first-order chi connectivity index (χ1) is 14.2. The predicted molar refractivity (Wildman–Crippen MR) is 111 cm³/mol. The van der Waals surface area contributed by atoms with Gasteiger partial charge in [-0.25, -0.2) is 0 Å². The Morgan fingerprint density at radius 1 is 0.966 bits per heavy atom. The summed E-state index contributed by atoms with van der Waals surface area (Å²) in [5.41, 5.74) is 4.00. The number of nitrogens with one attached hydrogen (secondary N) is 1. The number of Topliss-reactive ketones (excluding diaryl/α,β-unsaturated/α-hetero) is 1. The fourth-order valence-corrected chi connectivity index (χ4v) is 4.23. The van der Waals surface area contributed by atoms with Gasteiger partial charge in [-0.15, -0.1) is 0 Å². The van der Waals surface area contributed by atoms with Crippen LogP contribution in [0, 0.1) is 0 Å². The average molecular weight is 384 g/mol. The van der Waals surface area contributed by atoms with Gasteiger partial charge in [-0.2, -0.15) is 0 Å². The van der Waals surface area contributed by atoms with Crippen molar-refractivity contribution in [3.63, 3.8) is 0 Å². The van der Waals surface area contributed by atoms with E-state index in [1.807, 2.05) is 54.6 Å². The van der Waals surface area contributed by atoms with Crippen LogP contribution in [0.2, 0.25) is 0 Å². The smallest absolute Gasteiger partial charge is 0.294 e. The molecule has 1 N–H and O–H groups in total. The molecule has 1 atom stereocenters. The molecule has 0 saturated heterocycles. The van der Waals surface area contributed by atoms with Crippen molar-refractivity contribution in [1.29, 1.82) is 0 Å². The maximum absolute atomic E-state index is 13.6. The zero-order valence-corrected chi connectivity index (χ0v) is 15.8. The molecule has 29 heavy (non-hydrogen) atoms. The molecule has 1 aromatic heterocycles. The summed E-state index contributed by atoms with van der Waals surface area (Å²) in [6.45, 7) is 0. The van der Waals surface area contributed by atoms with Gasteiger partial charge in [0, 0.05) is 17.7 Å². The van der Waals surface area contributed by atoms with Crippen LogP contribution in [0.1, 0.15) is 41.4 Å². The quantitative estimate of drug-likeness (QED) is 0.668. The standard InChI is InChI=1S/C24H20N2O3/c27-20-13-6-11-18-22(20)23(16-8-2-1-3-9-16)26(24(28)21-14-7-15-29-21)19-12-5-4-10-17(19)25-18/h1-5,7-10,12,14-15,23,25H,6,11,13H2. The summed E-state index contributed by atoms with van der Waals surface area (Å²) in [7, 11) is 0. The SMILES string of the molecule is O=C1CCCC2=C1C(c1ccccc1)N(C(=O)c1ccco1)c1ccccc1N2. The number of nitrogens with zero attached hydrogens (tertiary/aromatic N) is 1. The van der Waals surface area contributed by atoms with Gasteiger partial charge in [-0.1, -0.05) is 42.5 Å². The van der Waals surface area contributed by atoms with E-state index in [2.05, 4.69) is 5.32 Å². The van der Waals surface area contributed by atoms with Gasteiger partial charge in [-0.3, -0.25) is 14.5 Å². The Morgan fingerprint density at radius 2 is 1.76 bits per heavy atom. The third-order valence-electron chi connectivity index (χ3n) is 5.50. The highest BCUT2D eigenvalue weighted by atomic mass is 16.3. The molecule has 2 aromatic carbocycles. The van der Waals surface area contributed by atoms with Crippen LogP contribution >= 0.6 is 0 Å². The van der Waals surface area contributed by atoms with E-state index in [9.17, 15) is 9.59 Å². The van der Waals surface area contributed by atoms with Crippen molar-refractivity contribution < 1.29 is 14.0 Å². The molecule has 0 fully saturated rings.